The molecule has 28 heavy (non-hydrogen) atoms. The van der Waals surface area contributed by atoms with E-state index in [4.69, 9.17) is 0 Å². The lowest BCUT2D eigenvalue weighted by atomic mass is 9.93. The molecule has 1 rings (SSSR count). The molecular weight excluding hydrogens is 336 g/mol. The zero-order valence-corrected chi connectivity index (χ0v) is 20.1. The van der Waals surface area contributed by atoms with Gasteiger partial charge in [0.2, 0.25) is 0 Å². The minimum Gasteiger partial charge on any atom is -0.0859 e. The van der Waals surface area contributed by atoms with E-state index in [-0.39, 0.29) is 0 Å². The number of unbranched alkanes of at least 4 members (excludes halogenated alkanes) is 1. The van der Waals surface area contributed by atoms with E-state index in [1.54, 1.807) is 5.57 Å². The number of rotatable bonds is 14. The Balaban J connectivity index is 0.000000609. The van der Waals surface area contributed by atoms with Gasteiger partial charge in [-0.3, -0.25) is 0 Å². The van der Waals surface area contributed by atoms with Crippen molar-refractivity contribution < 1.29 is 0 Å². The molecule has 0 aliphatic carbocycles. The lowest BCUT2D eigenvalue weighted by Crippen LogP contribution is -1.99. The molecule has 0 saturated carbocycles. The lowest BCUT2D eigenvalue weighted by molar-refractivity contribution is 0.403. The zero-order valence-electron chi connectivity index (χ0n) is 20.1. The molecule has 0 radical (unpaired) electrons. The predicted octanol–water partition coefficient (Wildman–Crippen LogP) is 9.78. The first-order valence-corrected chi connectivity index (χ1v) is 12.2. The maximum atomic E-state index is 2.43. The Morgan fingerprint density at radius 1 is 0.786 bits per heavy atom. The first-order valence-electron chi connectivity index (χ1n) is 12.2. The minimum atomic E-state index is 0.924. The van der Waals surface area contributed by atoms with Crippen molar-refractivity contribution in [2.75, 3.05) is 0 Å². The van der Waals surface area contributed by atoms with Gasteiger partial charge in [0.15, 0.2) is 0 Å². The molecule has 0 aromatic heterocycles. The SMILES string of the molecule is CC/C=C(\C)CCCC(C)CCCC(C)CCC.CCCCc1ccccc1. The van der Waals surface area contributed by atoms with Crippen LogP contribution in [0.1, 0.15) is 118 Å². The van der Waals surface area contributed by atoms with Crippen molar-refractivity contribution in [3.8, 4) is 0 Å². The highest BCUT2D eigenvalue weighted by atomic mass is 14.1. The monoisotopic (exact) mass is 386 g/mol. The van der Waals surface area contributed by atoms with Crippen LogP contribution in [0.15, 0.2) is 42.0 Å². The van der Waals surface area contributed by atoms with Crippen LogP contribution in [-0.4, -0.2) is 0 Å². The van der Waals surface area contributed by atoms with Crippen molar-refractivity contribution in [1.82, 2.24) is 0 Å². The molecule has 0 saturated heterocycles. The Hall–Kier alpha value is -1.04. The molecule has 2 unspecified atom stereocenters. The first-order chi connectivity index (χ1) is 13.5. The second kappa shape index (κ2) is 19.3. The smallest absolute Gasteiger partial charge is 0.0279 e. The third kappa shape index (κ3) is 17.1. The van der Waals surface area contributed by atoms with Gasteiger partial charge >= 0.3 is 0 Å². The van der Waals surface area contributed by atoms with E-state index in [9.17, 15) is 0 Å². The predicted molar refractivity (Wildman–Crippen MR) is 130 cm³/mol. The van der Waals surface area contributed by atoms with Gasteiger partial charge in [0.25, 0.3) is 0 Å². The number of allylic oxidation sites excluding steroid dienone is 2. The van der Waals surface area contributed by atoms with Crippen LogP contribution >= 0.6 is 0 Å². The molecule has 1 aromatic carbocycles. The number of benzene rings is 1. The highest BCUT2D eigenvalue weighted by molar-refractivity contribution is 5.14. The number of hydrogen-bond acceptors (Lipinski definition) is 0. The summed E-state index contributed by atoms with van der Waals surface area (Å²) in [5.74, 6) is 1.87. The summed E-state index contributed by atoms with van der Waals surface area (Å²) >= 11 is 0. The quantitative estimate of drug-likeness (QED) is 0.279. The molecule has 0 amide bonds. The summed E-state index contributed by atoms with van der Waals surface area (Å²) in [7, 11) is 0. The molecule has 0 nitrogen and oxygen atoms in total. The molecule has 162 valence electrons. The van der Waals surface area contributed by atoms with Gasteiger partial charge in [-0.25, -0.2) is 0 Å². The fraction of sp³-hybridized carbons (Fsp3) is 0.714. The second-order valence-corrected chi connectivity index (χ2v) is 8.87. The maximum absolute atomic E-state index is 2.43. The first kappa shape index (κ1) is 27.0. The van der Waals surface area contributed by atoms with E-state index >= 15 is 0 Å². The summed E-state index contributed by atoms with van der Waals surface area (Å²) in [6.07, 6.45) is 18.6. The van der Waals surface area contributed by atoms with Crippen molar-refractivity contribution in [2.24, 2.45) is 11.8 Å². The molecule has 0 heterocycles. The Morgan fingerprint density at radius 2 is 1.39 bits per heavy atom. The fourth-order valence-corrected chi connectivity index (χ4v) is 3.80. The van der Waals surface area contributed by atoms with Crippen LogP contribution in [0.2, 0.25) is 0 Å². The summed E-state index contributed by atoms with van der Waals surface area (Å²) < 4.78 is 0. The normalized spacial score (nSPS) is 13.6. The van der Waals surface area contributed by atoms with E-state index in [0.29, 0.717) is 0 Å². The third-order valence-electron chi connectivity index (χ3n) is 5.66. The molecule has 1 aromatic rings. The lowest BCUT2D eigenvalue weighted by Gasteiger charge is -2.14. The van der Waals surface area contributed by atoms with E-state index in [1.165, 1.54) is 82.6 Å². The average molecular weight is 387 g/mol. The summed E-state index contributed by atoms with van der Waals surface area (Å²) in [6, 6.07) is 10.6. The third-order valence-corrected chi connectivity index (χ3v) is 5.66. The molecular formula is C28H50. The van der Waals surface area contributed by atoms with Crippen molar-refractivity contribution in [1.29, 1.82) is 0 Å². The number of aryl methyl sites for hydroxylation is 1. The van der Waals surface area contributed by atoms with E-state index < -0.39 is 0 Å². The Labute approximate surface area is 178 Å². The molecule has 2 atom stereocenters. The minimum absolute atomic E-state index is 0.924. The second-order valence-electron chi connectivity index (χ2n) is 8.87. The van der Waals surface area contributed by atoms with E-state index in [1.807, 2.05) is 0 Å². The summed E-state index contributed by atoms with van der Waals surface area (Å²) in [5, 5.41) is 0. The van der Waals surface area contributed by atoms with Crippen LogP contribution in [0.4, 0.5) is 0 Å². The summed E-state index contributed by atoms with van der Waals surface area (Å²) in [4.78, 5) is 0. The van der Waals surface area contributed by atoms with Gasteiger partial charge in [0.05, 0.1) is 0 Å². The number of hydrogen-bond donors (Lipinski definition) is 0. The van der Waals surface area contributed by atoms with Crippen LogP contribution in [-0.2, 0) is 6.42 Å². The molecule has 0 spiro atoms. The fourth-order valence-electron chi connectivity index (χ4n) is 3.80. The van der Waals surface area contributed by atoms with Crippen molar-refractivity contribution in [2.45, 2.75) is 119 Å². The van der Waals surface area contributed by atoms with E-state index in [0.717, 1.165) is 11.8 Å². The van der Waals surface area contributed by atoms with E-state index in [2.05, 4.69) is 78.0 Å². The maximum Gasteiger partial charge on any atom is -0.0279 e. The molecule has 0 aliphatic rings. The zero-order chi connectivity index (χ0) is 21.0. The van der Waals surface area contributed by atoms with Crippen LogP contribution in [0.25, 0.3) is 0 Å². The van der Waals surface area contributed by atoms with Gasteiger partial charge in [-0.2, -0.15) is 0 Å². The van der Waals surface area contributed by atoms with Crippen LogP contribution in [0, 0.1) is 11.8 Å². The van der Waals surface area contributed by atoms with Gasteiger partial charge in [0, 0.05) is 0 Å². The average Bonchev–Trinajstić information content (AvgIpc) is 2.68. The van der Waals surface area contributed by atoms with Crippen LogP contribution in [0.3, 0.4) is 0 Å². The summed E-state index contributed by atoms with van der Waals surface area (Å²) in [5.41, 5.74) is 3.05. The van der Waals surface area contributed by atoms with Crippen molar-refractivity contribution >= 4 is 0 Å². The molecule has 0 bridgehead atoms. The van der Waals surface area contributed by atoms with Gasteiger partial charge in [0.1, 0.15) is 0 Å². The Kier molecular flexibility index (Phi) is 18.6. The van der Waals surface area contributed by atoms with Crippen LogP contribution in [0.5, 0.6) is 0 Å². The summed E-state index contributed by atoms with van der Waals surface area (Å²) in [6.45, 7) is 13.9. The Morgan fingerprint density at radius 3 is 1.96 bits per heavy atom. The van der Waals surface area contributed by atoms with Crippen molar-refractivity contribution in [3.05, 3.63) is 47.5 Å². The topological polar surface area (TPSA) is 0 Å². The van der Waals surface area contributed by atoms with Gasteiger partial charge in [-0.05, 0) is 56.4 Å². The standard InChI is InChI=1S/C18H36.C10H14/c1-6-10-16(3)12-8-14-18(5)15-9-13-17(4)11-7-2;1-2-3-7-10-8-5-4-6-9-10/h10,17-18H,6-9,11-15H2,1-5H3;4-6,8-9H,2-3,7H2,1H3/b16-10+;. The molecule has 0 fully saturated rings. The molecule has 0 aliphatic heterocycles. The van der Waals surface area contributed by atoms with Gasteiger partial charge in [-0.1, -0.05) is 122 Å². The van der Waals surface area contributed by atoms with Gasteiger partial charge < -0.3 is 0 Å². The van der Waals surface area contributed by atoms with Crippen LogP contribution < -0.4 is 0 Å². The molecule has 0 N–H and O–H groups in total. The van der Waals surface area contributed by atoms with Crippen molar-refractivity contribution in [3.63, 3.8) is 0 Å². The highest BCUT2D eigenvalue weighted by Crippen LogP contribution is 2.20. The highest BCUT2D eigenvalue weighted by Gasteiger charge is 2.05. The van der Waals surface area contributed by atoms with Gasteiger partial charge in [-0.15, -0.1) is 0 Å². The Bertz CT molecular complexity index is 456. The largest absolute Gasteiger partial charge is 0.0859 e. The molecule has 0 heteroatoms.